The van der Waals surface area contributed by atoms with Crippen LogP contribution in [0.2, 0.25) is 0 Å². The minimum absolute atomic E-state index is 0.0717. The Labute approximate surface area is 194 Å². The maximum Gasteiger partial charge on any atom is 0.573 e. The Balaban J connectivity index is 1.58. The van der Waals surface area contributed by atoms with Gasteiger partial charge in [0.05, 0.1) is 13.1 Å². The number of fused-ring (bicyclic) bond motifs is 1. The number of hydrogen-bond acceptors (Lipinski definition) is 6. The molecule has 0 amide bonds. The average molecular weight is 474 g/mol. The zero-order valence-corrected chi connectivity index (χ0v) is 19.1. The van der Waals surface area contributed by atoms with Crippen molar-refractivity contribution >= 4 is 10.8 Å². The summed E-state index contributed by atoms with van der Waals surface area (Å²) < 4.78 is 48.1. The van der Waals surface area contributed by atoms with Crippen LogP contribution in [-0.4, -0.2) is 44.2 Å². The van der Waals surface area contributed by atoms with Crippen molar-refractivity contribution in [1.29, 1.82) is 0 Å². The van der Waals surface area contributed by atoms with Crippen molar-refractivity contribution in [2.45, 2.75) is 40.2 Å². The summed E-state index contributed by atoms with van der Waals surface area (Å²) in [5.74, 6) is 0.787. The Bertz CT molecular complexity index is 1280. The molecule has 2 heterocycles. The van der Waals surface area contributed by atoms with Gasteiger partial charge in [-0.1, -0.05) is 31.1 Å². The minimum atomic E-state index is -4.74. The van der Waals surface area contributed by atoms with Crippen molar-refractivity contribution in [3.63, 3.8) is 0 Å². The maximum atomic E-state index is 12.4. The first-order chi connectivity index (χ1) is 16.2. The number of hydrogen-bond donors (Lipinski definition) is 1. The Morgan fingerprint density at radius 1 is 1.12 bits per heavy atom. The summed E-state index contributed by atoms with van der Waals surface area (Å²) in [6, 6.07) is 9.30. The molecule has 7 nitrogen and oxygen atoms in total. The van der Waals surface area contributed by atoms with Crippen LogP contribution in [0.1, 0.15) is 30.8 Å². The van der Waals surface area contributed by atoms with Crippen LogP contribution in [0.15, 0.2) is 47.1 Å². The van der Waals surface area contributed by atoms with E-state index < -0.39 is 6.36 Å². The topological polar surface area (TPSA) is 76.5 Å². The van der Waals surface area contributed by atoms with Crippen LogP contribution in [0.3, 0.4) is 0 Å². The van der Waals surface area contributed by atoms with E-state index >= 15 is 0 Å². The van der Waals surface area contributed by atoms with E-state index in [1.54, 1.807) is 10.8 Å². The van der Waals surface area contributed by atoms with Gasteiger partial charge in [0.25, 0.3) is 5.89 Å². The lowest BCUT2D eigenvalue weighted by Gasteiger charge is -2.14. The summed E-state index contributed by atoms with van der Waals surface area (Å²) in [5.41, 5.74) is 2.29. The zero-order chi connectivity index (χ0) is 24.5. The van der Waals surface area contributed by atoms with Crippen LogP contribution >= 0.6 is 0 Å². The quantitative estimate of drug-likeness (QED) is 0.364. The van der Waals surface area contributed by atoms with Crippen molar-refractivity contribution in [3.05, 3.63) is 59.5 Å². The van der Waals surface area contributed by atoms with Gasteiger partial charge in [0.2, 0.25) is 0 Å². The summed E-state index contributed by atoms with van der Waals surface area (Å²) in [5, 5.41) is 16.3. The van der Waals surface area contributed by atoms with Crippen LogP contribution < -0.4 is 4.74 Å². The first-order valence-electron chi connectivity index (χ1n) is 10.9. The number of ether oxygens (including phenoxy) is 1. The van der Waals surface area contributed by atoms with E-state index in [1.807, 2.05) is 19.1 Å². The van der Waals surface area contributed by atoms with E-state index in [2.05, 4.69) is 33.6 Å². The van der Waals surface area contributed by atoms with Gasteiger partial charge in [-0.15, -0.1) is 13.2 Å². The van der Waals surface area contributed by atoms with Gasteiger partial charge in [-0.05, 0) is 55.4 Å². The second kappa shape index (κ2) is 9.38. The molecule has 0 radical (unpaired) electrons. The molecule has 0 aliphatic heterocycles. The Kier molecular flexibility index (Phi) is 6.52. The van der Waals surface area contributed by atoms with Gasteiger partial charge in [-0.2, -0.15) is 4.98 Å². The molecule has 0 bridgehead atoms. The zero-order valence-electron chi connectivity index (χ0n) is 19.1. The molecule has 0 fully saturated rings. The normalized spacial score (nSPS) is 12.1. The summed E-state index contributed by atoms with van der Waals surface area (Å²) >= 11 is 0. The minimum Gasteiger partial charge on any atom is -0.494 e. The summed E-state index contributed by atoms with van der Waals surface area (Å²) in [4.78, 5) is 6.70. The third-order valence-corrected chi connectivity index (χ3v) is 5.64. The highest BCUT2D eigenvalue weighted by Gasteiger charge is 2.31. The predicted octanol–water partition coefficient (Wildman–Crippen LogP) is 5.49. The first kappa shape index (κ1) is 23.6. The fourth-order valence-corrected chi connectivity index (χ4v) is 3.91. The fraction of sp³-hybridized carbons (Fsp3) is 0.333. The van der Waals surface area contributed by atoms with Crippen LogP contribution in [-0.2, 0) is 13.1 Å². The molecular formula is C24H25F3N4O3. The van der Waals surface area contributed by atoms with E-state index in [4.69, 9.17) is 4.52 Å². The molecule has 0 saturated heterocycles. The number of nitrogens with zero attached hydrogens (tertiary/aromatic N) is 4. The number of halogens is 3. The third-order valence-electron chi connectivity index (χ3n) is 5.64. The van der Waals surface area contributed by atoms with E-state index in [-0.39, 0.29) is 18.2 Å². The van der Waals surface area contributed by atoms with Crippen LogP contribution in [0.4, 0.5) is 13.2 Å². The van der Waals surface area contributed by atoms with Crippen molar-refractivity contribution in [2.75, 3.05) is 13.1 Å². The largest absolute Gasteiger partial charge is 0.573 e. The number of aromatic hydroxyl groups is 1. The number of aryl methyl sites for hydroxylation is 1. The molecule has 2 aromatic carbocycles. The summed E-state index contributed by atoms with van der Waals surface area (Å²) in [6.45, 7) is 8.67. The highest BCUT2D eigenvalue weighted by atomic mass is 19.4. The van der Waals surface area contributed by atoms with Crippen LogP contribution in [0.5, 0.6) is 11.6 Å². The van der Waals surface area contributed by atoms with Crippen molar-refractivity contribution in [1.82, 2.24) is 19.6 Å². The number of benzene rings is 2. The van der Waals surface area contributed by atoms with Crippen molar-refractivity contribution in [3.8, 4) is 23.1 Å². The van der Waals surface area contributed by atoms with Gasteiger partial charge in [-0.3, -0.25) is 4.90 Å². The SMILES string of the molecule is CCN(CC)Cc1noc(-c2cc(C)c3c(O)n(Cc4ccc(OC(F)(F)F)cc4)cc3c2)n1. The number of rotatable bonds is 8. The molecule has 1 N–H and O–H groups in total. The lowest BCUT2D eigenvalue weighted by Crippen LogP contribution is -2.22. The van der Waals surface area contributed by atoms with Gasteiger partial charge in [0.1, 0.15) is 5.75 Å². The fourth-order valence-electron chi connectivity index (χ4n) is 3.91. The third kappa shape index (κ3) is 5.17. The average Bonchev–Trinajstić information content (AvgIpc) is 3.37. The Morgan fingerprint density at radius 3 is 2.47 bits per heavy atom. The molecule has 34 heavy (non-hydrogen) atoms. The monoisotopic (exact) mass is 474 g/mol. The number of alkyl halides is 3. The highest BCUT2D eigenvalue weighted by Crippen LogP contribution is 2.34. The molecule has 0 atom stereocenters. The second-order valence-corrected chi connectivity index (χ2v) is 8.01. The Morgan fingerprint density at radius 2 is 1.82 bits per heavy atom. The van der Waals surface area contributed by atoms with Crippen LogP contribution in [0.25, 0.3) is 22.2 Å². The summed E-state index contributed by atoms with van der Waals surface area (Å²) in [6.07, 6.45) is -2.95. The van der Waals surface area contributed by atoms with Crippen molar-refractivity contribution < 1.29 is 27.5 Å². The van der Waals surface area contributed by atoms with Crippen molar-refractivity contribution in [2.24, 2.45) is 0 Å². The lowest BCUT2D eigenvalue weighted by molar-refractivity contribution is -0.274. The van der Waals surface area contributed by atoms with Gasteiger partial charge >= 0.3 is 6.36 Å². The highest BCUT2D eigenvalue weighted by molar-refractivity contribution is 5.93. The molecule has 0 unspecified atom stereocenters. The molecular weight excluding hydrogens is 449 g/mol. The molecule has 0 aliphatic rings. The molecule has 4 rings (SSSR count). The second-order valence-electron chi connectivity index (χ2n) is 8.01. The van der Waals surface area contributed by atoms with E-state index in [9.17, 15) is 18.3 Å². The number of aromatic nitrogens is 3. The van der Waals surface area contributed by atoms with Gasteiger partial charge in [-0.25, -0.2) is 0 Å². The molecule has 0 aliphatic carbocycles. The standard InChI is InChI=1S/C24H25F3N4O3/c1-4-30(5-2)14-20-28-22(34-29-20)17-10-15(3)21-18(11-17)13-31(23(21)32)12-16-6-8-19(9-7-16)33-24(25,26)27/h6-11,13,32H,4-5,12,14H2,1-3H3. The predicted molar refractivity (Wildman–Crippen MR) is 120 cm³/mol. The van der Waals surface area contributed by atoms with Gasteiger partial charge in [0.15, 0.2) is 11.7 Å². The summed E-state index contributed by atoms with van der Waals surface area (Å²) in [7, 11) is 0. The molecule has 4 aromatic rings. The van der Waals surface area contributed by atoms with Gasteiger partial charge < -0.3 is 18.9 Å². The van der Waals surface area contributed by atoms with Gasteiger partial charge in [0, 0.05) is 22.5 Å². The molecule has 180 valence electrons. The lowest BCUT2D eigenvalue weighted by atomic mass is 10.1. The molecule has 0 spiro atoms. The van der Waals surface area contributed by atoms with E-state index in [0.717, 1.165) is 29.6 Å². The molecule has 10 heteroatoms. The van der Waals surface area contributed by atoms with E-state index in [1.165, 1.54) is 24.3 Å². The Hall–Kier alpha value is -3.53. The van der Waals surface area contributed by atoms with Crippen LogP contribution in [0, 0.1) is 6.92 Å². The molecule has 2 aromatic heterocycles. The molecule has 0 saturated carbocycles. The maximum absolute atomic E-state index is 12.4. The van der Waals surface area contributed by atoms with E-state index in [0.29, 0.717) is 29.2 Å². The smallest absolute Gasteiger partial charge is 0.494 e. The first-order valence-corrected chi connectivity index (χ1v) is 10.9.